The first kappa shape index (κ1) is 20.0. The summed E-state index contributed by atoms with van der Waals surface area (Å²) in [6, 6.07) is 16.5. The maximum absolute atomic E-state index is 12.4. The summed E-state index contributed by atoms with van der Waals surface area (Å²) >= 11 is 3.46. The average Bonchev–Trinajstić information content (AvgIpc) is 2.68. The van der Waals surface area contributed by atoms with Crippen LogP contribution in [0.5, 0.6) is 0 Å². The fourth-order valence-corrected chi connectivity index (χ4v) is 3.56. The predicted octanol–water partition coefficient (Wildman–Crippen LogP) is 4.10. The number of rotatable bonds is 7. The van der Waals surface area contributed by atoms with Crippen molar-refractivity contribution in [3.8, 4) is 11.3 Å². The first-order valence-corrected chi connectivity index (χ1v) is 10.2. The van der Waals surface area contributed by atoms with Gasteiger partial charge in [0, 0.05) is 23.5 Å². The molecule has 0 amide bonds. The van der Waals surface area contributed by atoms with Gasteiger partial charge in [-0.05, 0) is 54.7 Å². The largest absolute Gasteiger partial charge is 0.478 e. The summed E-state index contributed by atoms with van der Waals surface area (Å²) in [7, 11) is 0. The number of carbonyl (C=O) groups is 1. The summed E-state index contributed by atoms with van der Waals surface area (Å²) in [5.74, 6) is -0.960. The molecule has 1 N–H and O–H groups in total. The fourth-order valence-electron chi connectivity index (χ4n) is 3.10. The van der Waals surface area contributed by atoms with Gasteiger partial charge in [0.25, 0.3) is 5.56 Å². The molecule has 0 spiro atoms. The zero-order valence-corrected chi connectivity index (χ0v) is 17.1. The Balaban J connectivity index is 1.88. The standard InChI is InChI=1S/C22H21BrN2O3/c1-15-12-20(26)25(11-9-17-5-3-7-19(14-17)22(27)28)24-21(15)18-6-2-4-16(13-18)8-10-23/h2-7,12-14H,8-11H2,1H3,(H,27,28). The molecule has 0 saturated carbocycles. The predicted molar refractivity (Wildman–Crippen MR) is 113 cm³/mol. The van der Waals surface area contributed by atoms with Crippen LogP contribution in [0.1, 0.15) is 27.0 Å². The Hall–Kier alpha value is -2.73. The second-order valence-electron chi connectivity index (χ2n) is 6.63. The third kappa shape index (κ3) is 4.75. The highest BCUT2D eigenvalue weighted by Gasteiger charge is 2.10. The van der Waals surface area contributed by atoms with Gasteiger partial charge < -0.3 is 5.11 Å². The van der Waals surface area contributed by atoms with Gasteiger partial charge in [-0.15, -0.1) is 0 Å². The zero-order valence-electron chi connectivity index (χ0n) is 15.6. The van der Waals surface area contributed by atoms with Crippen LogP contribution in [0.3, 0.4) is 0 Å². The minimum absolute atomic E-state index is 0.160. The van der Waals surface area contributed by atoms with Gasteiger partial charge in [-0.2, -0.15) is 5.10 Å². The maximum Gasteiger partial charge on any atom is 0.335 e. The van der Waals surface area contributed by atoms with Crippen LogP contribution in [0, 0.1) is 6.92 Å². The van der Waals surface area contributed by atoms with E-state index in [1.807, 2.05) is 25.1 Å². The lowest BCUT2D eigenvalue weighted by atomic mass is 10.0. The molecule has 0 atom stereocenters. The minimum Gasteiger partial charge on any atom is -0.478 e. The van der Waals surface area contributed by atoms with Crippen LogP contribution in [0.15, 0.2) is 59.4 Å². The molecule has 0 aliphatic carbocycles. The second kappa shape index (κ2) is 8.97. The van der Waals surface area contributed by atoms with Crippen molar-refractivity contribution in [1.29, 1.82) is 0 Å². The molecule has 0 saturated heterocycles. The van der Waals surface area contributed by atoms with Crippen LogP contribution in [0.2, 0.25) is 0 Å². The molecule has 0 radical (unpaired) electrons. The minimum atomic E-state index is -0.960. The molecule has 6 heteroatoms. The molecule has 3 rings (SSSR count). The van der Waals surface area contributed by atoms with Crippen LogP contribution >= 0.6 is 15.9 Å². The Morgan fingerprint density at radius 1 is 1.07 bits per heavy atom. The van der Waals surface area contributed by atoms with Crippen LogP contribution in [0.4, 0.5) is 0 Å². The number of hydrogen-bond acceptors (Lipinski definition) is 3. The van der Waals surface area contributed by atoms with Crippen molar-refractivity contribution < 1.29 is 9.90 Å². The van der Waals surface area contributed by atoms with Gasteiger partial charge in [0.1, 0.15) is 0 Å². The normalized spacial score (nSPS) is 10.8. The Morgan fingerprint density at radius 3 is 2.50 bits per heavy atom. The highest BCUT2D eigenvalue weighted by atomic mass is 79.9. The van der Waals surface area contributed by atoms with E-state index in [9.17, 15) is 9.59 Å². The SMILES string of the molecule is Cc1cc(=O)n(CCc2cccc(C(=O)O)c2)nc1-c1cccc(CCBr)c1. The molecular formula is C22H21BrN2O3. The first-order chi connectivity index (χ1) is 13.5. The Labute approximate surface area is 171 Å². The summed E-state index contributed by atoms with van der Waals surface area (Å²) < 4.78 is 1.45. The van der Waals surface area contributed by atoms with Gasteiger partial charge in [0.15, 0.2) is 0 Å². The fraction of sp³-hybridized carbons (Fsp3) is 0.227. The summed E-state index contributed by atoms with van der Waals surface area (Å²) in [5, 5.41) is 14.6. The quantitative estimate of drug-likeness (QED) is 0.561. The monoisotopic (exact) mass is 440 g/mol. The van der Waals surface area contributed by atoms with Crippen molar-refractivity contribution in [2.75, 3.05) is 5.33 Å². The van der Waals surface area contributed by atoms with Crippen LogP contribution in [-0.2, 0) is 19.4 Å². The molecule has 0 aliphatic rings. The lowest BCUT2D eigenvalue weighted by molar-refractivity contribution is 0.0696. The summed E-state index contributed by atoms with van der Waals surface area (Å²) in [4.78, 5) is 23.5. The number of aromatic carboxylic acids is 1. The Kier molecular flexibility index (Phi) is 6.41. The number of aromatic nitrogens is 2. The van der Waals surface area contributed by atoms with Gasteiger partial charge >= 0.3 is 5.97 Å². The molecule has 5 nitrogen and oxygen atoms in total. The van der Waals surface area contributed by atoms with Crippen LogP contribution in [-0.4, -0.2) is 26.2 Å². The van der Waals surface area contributed by atoms with Crippen molar-refractivity contribution in [2.45, 2.75) is 26.3 Å². The maximum atomic E-state index is 12.4. The number of carboxylic acids is 1. The van der Waals surface area contributed by atoms with E-state index in [0.717, 1.165) is 34.1 Å². The molecule has 1 aromatic heterocycles. The van der Waals surface area contributed by atoms with E-state index in [-0.39, 0.29) is 11.1 Å². The van der Waals surface area contributed by atoms with Crippen molar-refractivity contribution in [2.24, 2.45) is 0 Å². The number of nitrogens with zero attached hydrogens (tertiary/aromatic N) is 2. The first-order valence-electron chi connectivity index (χ1n) is 9.04. The summed E-state index contributed by atoms with van der Waals surface area (Å²) in [6.45, 7) is 2.28. The Morgan fingerprint density at radius 2 is 1.79 bits per heavy atom. The molecule has 28 heavy (non-hydrogen) atoms. The number of aryl methyl sites for hydroxylation is 4. The van der Waals surface area contributed by atoms with Gasteiger partial charge in [-0.25, -0.2) is 9.48 Å². The third-order valence-electron chi connectivity index (χ3n) is 4.56. The third-order valence-corrected chi connectivity index (χ3v) is 4.95. The number of carboxylic acid groups (broad SMARTS) is 1. The smallest absolute Gasteiger partial charge is 0.335 e. The highest BCUT2D eigenvalue weighted by molar-refractivity contribution is 9.09. The van der Waals surface area contributed by atoms with Gasteiger partial charge in [-0.1, -0.05) is 46.3 Å². The van der Waals surface area contributed by atoms with Gasteiger partial charge in [0.05, 0.1) is 11.3 Å². The number of benzene rings is 2. The average molecular weight is 441 g/mol. The topological polar surface area (TPSA) is 72.2 Å². The van der Waals surface area contributed by atoms with Crippen molar-refractivity contribution in [3.05, 3.63) is 87.2 Å². The van der Waals surface area contributed by atoms with E-state index in [4.69, 9.17) is 5.11 Å². The molecular weight excluding hydrogens is 420 g/mol. The molecule has 0 aliphatic heterocycles. The molecule has 0 bridgehead atoms. The van der Waals surface area contributed by atoms with E-state index >= 15 is 0 Å². The van der Waals surface area contributed by atoms with E-state index < -0.39 is 5.97 Å². The molecule has 3 aromatic rings. The highest BCUT2D eigenvalue weighted by Crippen LogP contribution is 2.21. The van der Waals surface area contributed by atoms with E-state index in [0.29, 0.717) is 13.0 Å². The van der Waals surface area contributed by atoms with E-state index in [1.54, 1.807) is 24.3 Å². The second-order valence-corrected chi connectivity index (χ2v) is 7.43. The lowest BCUT2D eigenvalue weighted by Gasteiger charge is -2.11. The summed E-state index contributed by atoms with van der Waals surface area (Å²) in [5.41, 5.74) is 4.75. The van der Waals surface area contributed by atoms with Crippen LogP contribution in [0.25, 0.3) is 11.3 Å². The summed E-state index contributed by atoms with van der Waals surface area (Å²) in [6.07, 6.45) is 1.45. The zero-order chi connectivity index (χ0) is 20.1. The van der Waals surface area contributed by atoms with Crippen molar-refractivity contribution >= 4 is 21.9 Å². The van der Waals surface area contributed by atoms with Crippen molar-refractivity contribution in [1.82, 2.24) is 9.78 Å². The number of hydrogen-bond donors (Lipinski definition) is 1. The lowest BCUT2D eigenvalue weighted by Crippen LogP contribution is -2.24. The molecule has 0 unspecified atom stereocenters. The molecule has 144 valence electrons. The molecule has 1 heterocycles. The van der Waals surface area contributed by atoms with E-state index in [2.05, 4.69) is 33.2 Å². The molecule has 2 aromatic carbocycles. The van der Waals surface area contributed by atoms with Gasteiger partial charge in [-0.3, -0.25) is 4.79 Å². The van der Waals surface area contributed by atoms with Gasteiger partial charge in [0.2, 0.25) is 0 Å². The van der Waals surface area contributed by atoms with E-state index in [1.165, 1.54) is 10.2 Å². The van der Waals surface area contributed by atoms with Crippen LogP contribution < -0.4 is 5.56 Å². The van der Waals surface area contributed by atoms with Crippen molar-refractivity contribution in [3.63, 3.8) is 0 Å². The number of alkyl halides is 1. The molecule has 0 fully saturated rings. The number of halogens is 1. The Bertz CT molecular complexity index is 1060.